The topological polar surface area (TPSA) is 61.9 Å². The standard InChI is InChI=1S/C22H23ClFN3O3/c23-17-4-5-20-19(13-17)27(10-11-30-20)22(29)26-8-6-16(7-9-26)21(28)25-14-15-2-1-3-18(24)12-15/h1-5,12-13,16H,6-11,14H2,(H,25,28). The number of ether oxygens (including phenoxy) is 1. The molecule has 6 nitrogen and oxygen atoms in total. The number of halogens is 2. The first kappa shape index (κ1) is 20.5. The lowest BCUT2D eigenvalue weighted by molar-refractivity contribution is -0.126. The van der Waals surface area contributed by atoms with Crippen LogP contribution in [0.3, 0.4) is 0 Å². The molecular formula is C22H23ClFN3O3. The van der Waals surface area contributed by atoms with Crippen molar-refractivity contribution < 1.29 is 18.7 Å². The number of hydrogen-bond acceptors (Lipinski definition) is 3. The number of amides is 3. The highest BCUT2D eigenvalue weighted by Crippen LogP contribution is 2.35. The molecule has 1 saturated heterocycles. The van der Waals surface area contributed by atoms with Gasteiger partial charge in [0.15, 0.2) is 0 Å². The zero-order valence-electron chi connectivity index (χ0n) is 16.4. The smallest absolute Gasteiger partial charge is 0.324 e. The van der Waals surface area contributed by atoms with Gasteiger partial charge in [0.25, 0.3) is 0 Å². The summed E-state index contributed by atoms with van der Waals surface area (Å²) < 4.78 is 18.9. The van der Waals surface area contributed by atoms with Crippen LogP contribution in [0.5, 0.6) is 5.75 Å². The molecule has 1 fully saturated rings. The third-order valence-electron chi connectivity index (χ3n) is 5.51. The van der Waals surface area contributed by atoms with Crippen molar-refractivity contribution >= 4 is 29.2 Å². The minimum absolute atomic E-state index is 0.0603. The van der Waals surface area contributed by atoms with E-state index in [1.54, 1.807) is 40.1 Å². The molecule has 0 radical (unpaired) electrons. The summed E-state index contributed by atoms with van der Waals surface area (Å²) in [5, 5.41) is 3.42. The molecule has 1 N–H and O–H groups in total. The van der Waals surface area contributed by atoms with Crippen LogP contribution in [0.2, 0.25) is 5.02 Å². The molecule has 0 spiro atoms. The summed E-state index contributed by atoms with van der Waals surface area (Å²) >= 11 is 6.10. The van der Waals surface area contributed by atoms with Crippen LogP contribution in [0.4, 0.5) is 14.9 Å². The van der Waals surface area contributed by atoms with E-state index in [4.69, 9.17) is 16.3 Å². The second-order valence-electron chi connectivity index (χ2n) is 7.50. The molecule has 0 unspecified atom stereocenters. The summed E-state index contributed by atoms with van der Waals surface area (Å²) in [4.78, 5) is 29.0. The van der Waals surface area contributed by atoms with Crippen LogP contribution >= 0.6 is 11.6 Å². The van der Waals surface area contributed by atoms with Gasteiger partial charge >= 0.3 is 6.03 Å². The number of carbonyl (C=O) groups excluding carboxylic acids is 2. The third-order valence-corrected chi connectivity index (χ3v) is 5.74. The van der Waals surface area contributed by atoms with Gasteiger partial charge < -0.3 is 15.0 Å². The highest BCUT2D eigenvalue weighted by atomic mass is 35.5. The predicted molar refractivity (Wildman–Crippen MR) is 112 cm³/mol. The van der Waals surface area contributed by atoms with E-state index in [-0.39, 0.29) is 23.7 Å². The highest BCUT2D eigenvalue weighted by molar-refractivity contribution is 6.31. The van der Waals surface area contributed by atoms with E-state index in [9.17, 15) is 14.0 Å². The monoisotopic (exact) mass is 431 g/mol. The lowest BCUT2D eigenvalue weighted by Gasteiger charge is -2.37. The lowest BCUT2D eigenvalue weighted by Crippen LogP contribution is -2.50. The number of piperidine rings is 1. The number of nitrogens with one attached hydrogen (secondary N) is 1. The number of nitrogens with zero attached hydrogens (tertiary/aromatic N) is 2. The molecule has 3 amide bonds. The zero-order chi connectivity index (χ0) is 21.1. The van der Waals surface area contributed by atoms with Gasteiger partial charge in [0.2, 0.25) is 5.91 Å². The van der Waals surface area contributed by atoms with E-state index >= 15 is 0 Å². The Morgan fingerprint density at radius 1 is 1.13 bits per heavy atom. The van der Waals surface area contributed by atoms with Crippen LogP contribution in [0.25, 0.3) is 0 Å². The molecule has 2 aliphatic rings. The van der Waals surface area contributed by atoms with Gasteiger partial charge in [-0.1, -0.05) is 23.7 Å². The van der Waals surface area contributed by atoms with Gasteiger partial charge in [-0.3, -0.25) is 9.69 Å². The van der Waals surface area contributed by atoms with Crippen molar-refractivity contribution in [3.63, 3.8) is 0 Å². The molecule has 0 aliphatic carbocycles. The Morgan fingerprint density at radius 2 is 1.93 bits per heavy atom. The van der Waals surface area contributed by atoms with Crippen LogP contribution in [0.15, 0.2) is 42.5 Å². The largest absolute Gasteiger partial charge is 0.490 e. The summed E-state index contributed by atoms with van der Waals surface area (Å²) in [6, 6.07) is 11.3. The molecule has 2 aliphatic heterocycles. The normalized spacial score (nSPS) is 16.6. The Labute approximate surface area is 179 Å². The van der Waals surface area contributed by atoms with Gasteiger partial charge in [-0.15, -0.1) is 0 Å². The molecule has 30 heavy (non-hydrogen) atoms. The minimum Gasteiger partial charge on any atom is -0.490 e. The number of benzene rings is 2. The van der Waals surface area contributed by atoms with Crippen molar-refractivity contribution in [2.75, 3.05) is 31.1 Å². The summed E-state index contributed by atoms with van der Waals surface area (Å²) in [5.74, 6) is 0.106. The van der Waals surface area contributed by atoms with Crippen molar-refractivity contribution in [1.29, 1.82) is 0 Å². The lowest BCUT2D eigenvalue weighted by atomic mass is 9.96. The Bertz CT molecular complexity index is 947. The molecule has 2 heterocycles. The maximum Gasteiger partial charge on any atom is 0.324 e. The molecule has 0 aromatic heterocycles. The quantitative estimate of drug-likeness (QED) is 0.803. The second kappa shape index (κ2) is 8.92. The number of hydrogen-bond donors (Lipinski definition) is 1. The highest BCUT2D eigenvalue weighted by Gasteiger charge is 2.32. The average molecular weight is 432 g/mol. The van der Waals surface area contributed by atoms with Gasteiger partial charge in [0, 0.05) is 30.6 Å². The number of anilines is 1. The van der Waals surface area contributed by atoms with Gasteiger partial charge in [-0.05, 0) is 48.7 Å². The molecule has 0 bridgehead atoms. The molecule has 158 valence electrons. The van der Waals surface area contributed by atoms with E-state index in [0.29, 0.717) is 62.1 Å². The van der Waals surface area contributed by atoms with Crippen LogP contribution < -0.4 is 15.0 Å². The Kier molecular flexibility index (Phi) is 6.08. The van der Waals surface area contributed by atoms with Gasteiger partial charge in [0.05, 0.1) is 12.2 Å². The second-order valence-corrected chi connectivity index (χ2v) is 7.94. The first-order chi connectivity index (χ1) is 14.5. The molecular weight excluding hydrogens is 409 g/mol. The average Bonchev–Trinajstić information content (AvgIpc) is 2.76. The Balaban J connectivity index is 1.32. The molecule has 8 heteroatoms. The van der Waals surface area contributed by atoms with Gasteiger partial charge in [-0.25, -0.2) is 9.18 Å². The summed E-state index contributed by atoms with van der Waals surface area (Å²) in [6.45, 7) is 2.19. The SMILES string of the molecule is O=C(NCc1cccc(F)c1)C1CCN(C(=O)N2CCOc3ccc(Cl)cc32)CC1. The number of urea groups is 1. The first-order valence-corrected chi connectivity index (χ1v) is 10.4. The van der Waals surface area contributed by atoms with Crippen molar-refractivity contribution in [3.8, 4) is 5.75 Å². The number of likely N-dealkylation sites (tertiary alicyclic amines) is 1. The van der Waals surface area contributed by atoms with Crippen molar-refractivity contribution in [3.05, 3.63) is 58.9 Å². The fourth-order valence-electron chi connectivity index (χ4n) is 3.87. The van der Waals surface area contributed by atoms with Crippen molar-refractivity contribution in [2.45, 2.75) is 19.4 Å². The maximum absolute atomic E-state index is 13.3. The molecule has 0 saturated carbocycles. The summed E-state index contributed by atoms with van der Waals surface area (Å²) in [5.41, 5.74) is 1.40. The summed E-state index contributed by atoms with van der Waals surface area (Å²) in [6.07, 6.45) is 1.18. The number of carbonyl (C=O) groups is 2. The van der Waals surface area contributed by atoms with Crippen molar-refractivity contribution in [1.82, 2.24) is 10.2 Å². The van der Waals surface area contributed by atoms with E-state index in [1.165, 1.54) is 12.1 Å². The van der Waals surface area contributed by atoms with Crippen LogP contribution in [-0.2, 0) is 11.3 Å². The maximum atomic E-state index is 13.3. The molecule has 0 atom stereocenters. The Hall–Kier alpha value is -2.80. The fourth-order valence-corrected chi connectivity index (χ4v) is 4.04. The molecule has 2 aromatic carbocycles. The third kappa shape index (κ3) is 4.51. The fraction of sp³-hybridized carbons (Fsp3) is 0.364. The van der Waals surface area contributed by atoms with Crippen LogP contribution in [0.1, 0.15) is 18.4 Å². The van der Waals surface area contributed by atoms with E-state index in [1.807, 2.05) is 0 Å². The van der Waals surface area contributed by atoms with Crippen molar-refractivity contribution in [2.24, 2.45) is 5.92 Å². The van der Waals surface area contributed by atoms with Crippen LogP contribution in [0, 0.1) is 11.7 Å². The Morgan fingerprint density at radius 3 is 2.70 bits per heavy atom. The molecule has 4 rings (SSSR count). The first-order valence-electron chi connectivity index (χ1n) is 10.0. The number of fused-ring (bicyclic) bond motifs is 1. The van der Waals surface area contributed by atoms with Crippen LogP contribution in [-0.4, -0.2) is 43.1 Å². The van der Waals surface area contributed by atoms with E-state index < -0.39 is 0 Å². The van der Waals surface area contributed by atoms with Gasteiger partial charge in [0.1, 0.15) is 18.2 Å². The van der Waals surface area contributed by atoms with E-state index in [0.717, 1.165) is 5.56 Å². The van der Waals surface area contributed by atoms with E-state index in [2.05, 4.69) is 5.32 Å². The predicted octanol–water partition coefficient (Wildman–Crippen LogP) is 3.83. The minimum atomic E-state index is -0.320. The van der Waals surface area contributed by atoms with Gasteiger partial charge in [-0.2, -0.15) is 0 Å². The summed E-state index contributed by atoms with van der Waals surface area (Å²) in [7, 11) is 0. The molecule has 2 aromatic rings. The number of rotatable bonds is 3. The zero-order valence-corrected chi connectivity index (χ0v) is 17.2.